The largest absolute Gasteiger partial charge is 2.00 e. The first kappa shape index (κ1) is 46.4. The fourth-order valence-corrected chi connectivity index (χ4v) is 9.05. The quantitative estimate of drug-likeness (QED) is 0.185. The minimum Gasteiger partial charge on any atom is -0.414 e. The third kappa shape index (κ3) is 10.5. The average molecular weight is 846 g/mol. The Balaban J connectivity index is 0.00000104. The van der Waals surface area contributed by atoms with Gasteiger partial charge in [0.15, 0.2) is 48.2 Å². The first-order valence-corrected chi connectivity index (χ1v) is 27.8. The molecule has 6 rings (SSSR count). The van der Waals surface area contributed by atoms with Crippen LogP contribution in [0.4, 0.5) is 0 Å². The van der Waals surface area contributed by atoms with Crippen LogP contribution in [0, 0.1) is 63.7 Å². The van der Waals surface area contributed by atoms with Gasteiger partial charge in [-0.15, -0.1) is 5.10 Å². The van der Waals surface area contributed by atoms with Crippen LogP contribution in [0.5, 0.6) is 0 Å². The zero-order valence-corrected chi connectivity index (χ0v) is 39.7. The summed E-state index contributed by atoms with van der Waals surface area (Å²) in [6.45, 7) is 34.5. The molecule has 0 unspecified atom stereocenters. The van der Waals surface area contributed by atoms with Gasteiger partial charge < -0.3 is 18.0 Å². The fraction of sp³-hybridized carbons (Fsp3) is 0.575. The van der Waals surface area contributed by atoms with Gasteiger partial charge in [-0.3, -0.25) is 4.57 Å². The number of aromatic nitrogens is 7. The Morgan fingerprint density at radius 1 is 0.691 bits per heavy atom. The van der Waals surface area contributed by atoms with Crippen molar-refractivity contribution in [3.05, 3.63) is 88.3 Å². The molecule has 0 spiro atoms. The molecule has 1 aliphatic heterocycles. The summed E-state index contributed by atoms with van der Waals surface area (Å²) >= 11 is 0. The predicted octanol–water partition coefficient (Wildman–Crippen LogP) is 8.88. The summed E-state index contributed by atoms with van der Waals surface area (Å²) in [6.07, 6.45) is 21.5. The Morgan fingerprint density at radius 3 is 1.75 bits per heavy atom. The van der Waals surface area contributed by atoms with E-state index in [1.807, 2.05) is 68.6 Å². The standard InChI is InChI=1S/C35H58N7O4Si3.C5H5.Fe/c1-33(2,3)47(10,11)43-21-26-28(45-48(12,13)34(4,5)6)29(46-49(14,15)35(7,8)9)32(44-26)41-23-38-27-30(41)36-22-37-31(27)42-20-25(39-40-42)24-18-16-17-19-24;1-2-4-5-3-1;/h16-20,22-23,26,28-29,32H,21H2,1-15H3;1-5H;/q;;+2/t26-,28-,29-,32-;;/m1../s1. The molecule has 0 aromatic carbocycles. The zero-order valence-electron chi connectivity index (χ0n) is 35.6. The van der Waals surface area contributed by atoms with Crippen molar-refractivity contribution in [2.24, 2.45) is 0 Å². The molecule has 3 fully saturated rings. The van der Waals surface area contributed by atoms with Gasteiger partial charge in [0.25, 0.3) is 0 Å². The Morgan fingerprint density at radius 2 is 1.22 bits per heavy atom. The smallest absolute Gasteiger partial charge is 0.414 e. The second-order valence-electron chi connectivity index (χ2n) is 19.0. The van der Waals surface area contributed by atoms with E-state index in [0.717, 1.165) is 11.6 Å². The molecular weight excluding hydrogens is 783 g/mol. The van der Waals surface area contributed by atoms with Crippen LogP contribution in [0.1, 0.15) is 74.2 Å². The summed E-state index contributed by atoms with van der Waals surface area (Å²) in [5, 5.41) is 8.78. The predicted molar refractivity (Wildman–Crippen MR) is 222 cm³/mol. The molecule has 4 heterocycles. The van der Waals surface area contributed by atoms with Gasteiger partial charge in [0.05, 0.1) is 24.8 Å². The van der Waals surface area contributed by atoms with Crippen LogP contribution in [0.15, 0.2) is 18.9 Å². The van der Waals surface area contributed by atoms with Gasteiger partial charge in [-0.1, -0.05) is 67.5 Å². The van der Waals surface area contributed by atoms with E-state index in [-0.39, 0.29) is 44.4 Å². The average Bonchev–Trinajstić information content (AvgIpc) is 3.90. The van der Waals surface area contributed by atoms with E-state index in [9.17, 15) is 0 Å². The van der Waals surface area contributed by atoms with Crippen LogP contribution < -0.4 is 0 Å². The normalized spacial score (nSPS) is 23.3. The maximum absolute atomic E-state index is 7.36. The van der Waals surface area contributed by atoms with Crippen molar-refractivity contribution in [1.29, 1.82) is 0 Å². The molecule has 4 atom stereocenters. The van der Waals surface area contributed by atoms with Crippen molar-refractivity contribution in [3.8, 4) is 5.82 Å². The molecule has 0 N–H and O–H groups in total. The van der Waals surface area contributed by atoms with Gasteiger partial charge in [0.2, 0.25) is 0 Å². The number of nitrogens with zero attached hydrogens (tertiary/aromatic N) is 7. The molecule has 10 radical (unpaired) electrons. The van der Waals surface area contributed by atoms with E-state index >= 15 is 0 Å². The Kier molecular flexibility index (Phi) is 14.8. The number of hydrogen-bond acceptors (Lipinski definition) is 9. The molecule has 300 valence electrons. The third-order valence-electron chi connectivity index (χ3n) is 12.0. The molecule has 0 amide bonds. The van der Waals surface area contributed by atoms with Gasteiger partial charge in [-0.2, -0.15) is 4.68 Å². The minimum atomic E-state index is -2.33. The molecule has 1 saturated heterocycles. The van der Waals surface area contributed by atoms with E-state index in [4.69, 9.17) is 28.0 Å². The fourth-order valence-electron chi connectivity index (χ4n) is 5.43. The summed E-state index contributed by atoms with van der Waals surface area (Å²) in [7, 11) is -6.72. The molecular formula is C40H63FeN7O4Si3+2. The SMILES string of the molecule is CC(C)(C)[Si](C)(C)OC[C@H]1O[C@@H](n2cnc3c(-n4cc([C]5[CH][CH][CH][CH]5)nn4)ncnc32)[C@H](O[Si](C)(C)C(C)(C)C)[C@@H]1O[Si](C)(C)C(C)(C)C.[CH]1[CH][CH][CH][CH]1.[Fe+2]. The minimum absolute atomic E-state index is 0. The van der Waals surface area contributed by atoms with Crippen molar-refractivity contribution in [3.63, 3.8) is 0 Å². The van der Waals surface area contributed by atoms with Gasteiger partial charge in [0.1, 0.15) is 24.6 Å². The Labute approximate surface area is 346 Å². The van der Waals surface area contributed by atoms with E-state index in [2.05, 4.69) is 117 Å². The van der Waals surface area contributed by atoms with Crippen LogP contribution in [0.2, 0.25) is 54.4 Å². The van der Waals surface area contributed by atoms with Gasteiger partial charge in [-0.05, 0) is 112 Å². The van der Waals surface area contributed by atoms with E-state index in [1.165, 1.54) is 0 Å². The molecule has 55 heavy (non-hydrogen) atoms. The number of imidazole rings is 1. The van der Waals surface area contributed by atoms with Gasteiger partial charge >= 0.3 is 17.1 Å². The van der Waals surface area contributed by atoms with Crippen molar-refractivity contribution in [1.82, 2.24) is 34.5 Å². The van der Waals surface area contributed by atoms with Crippen LogP contribution in [-0.4, -0.2) is 84.4 Å². The molecule has 3 aromatic rings. The molecule has 3 aromatic heterocycles. The summed E-state index contributed by atoms with van der Waals surface area (Å²) in [5.74, 6) is 1.53. The molecule has 0 bridgehead atoms. The molecule has 11 nitrogen and oxygen atoms in total. The summed E-state index contributed by atoms with van der Waals surface area (Å²) in [5.41, 5.74) is 1.98. The van der Waals surface area contributed by atoms with Crippen molar-refractivity contribution < 1.29 is 35.1 Å². The molecule has 3 aliphatic rings. The first-order valence-electron chi connectivity index (χ1n) is 19.1. The Bertz CT molecular complexity index is 1680. The maximum atomic E-state index is 7.36. The van der Waals surface area contributed by atoms with Crippen molar-refractivity contribution in [2.75, 3.05) is 6.61 Å². The first-order chi connectivity index (χ1) is 24.9. The molecule has 2 aliphatic carbocycles. The van der Waals surface area contributed by atoms with Crippen LogP contribution >= 0.6 is 0 Å². The van der Waals surface area contributed by atoms with E-state index in [1.54, 1.807) is 17.3 Å². The van der Waals surface area contributed by atoms with E-state index in [0.29, 0.717) is 23.6 Å². The second-order valence-corrected chi connectivity index (χ2v) is 33.3. The van der Waals surface area contributed by atoms with Gasteiger partial charge in [0, 0.05) is 5.92 Å². The van der Waals surface area contributed by atoms with Crippen LogP contribution in [0.3, 0.4) is 0 Å². The van der Waals surface area contributed by atoms with E-state index < -0.39 is 37.3 Å². The van der Waals surface area contributed by atoms with Crippen molar-refractivity contribution in [2.45, 2.75) is 141 Å². The number of fused-ring (bicyclic) bond motifs is 1. The second kappa shape index (κ2) is 17.5. The number of hydrogen-bond donors (Lipinski definition) is 0. The van der Waals surface area contributed by atoms with Crippen molar-refractivity contribution >= 4 is 36.1 Å². The topological polar surface area (TPSA) is 111 Å². The summed E-state index contributed by atoms with van der Waals surface area (Å²) in [6, 6.07) is 0. The third-order valence-corrected chi connectivity index (χ3v) is 25.5. The monoisotopic (exact) mass is 845 g/mol. The maximum Gasteiger partial charge on any atom is 2.00 e. The van der Waals surface area contributed by atoms with Gasteiger partial charge in [-0.25, -0.2) is 15.0 Å². The molecule has 2 saturated carbocycles. The molecule has 15 heteroatoms. The van der Waals surface area contributed by atoms with Crippen LogP contribution in [-0.2, 0) is 35.1 Å². The summed E-state index contributed by atoms with van der Waals surface area (Å²) < 4.78 is 32.3. The Hall–Kier alpha value is -1.30. The van der Waals surface area contributed by atoms with Crippen LogP contribution in [0.25, 0.3) is 17.0 Å². The number of rotatable bonds is 10. The number of ether oxygens (including phenoxy) is 1. The zero-order chi connectivity index (χ0) is 39.9. The summed E-state index contributed by atoms with van der Waals surface area (Å²) in [4.78, 5) is 14.2.